The van der Waals surface area contributed by atoms with Crippen LogP contribution in [0.4, 0.5) is 0 Å². The number of rotatable bonds is 7. The Morgan fingerprint density at radius 1 is 1.03 bits per heavy atom. The molecule has 34 heavy (non-hydrogen) atoms. The normalized spacial score (nSPS) is 15.1. The van der Waals surface area contributed by atoms with Crippen molar-refractivity contribution >= 4 is 29.7 Å². The summed E-state index contributed by atoms with van der Waals surface area (Å²) in [5, 5.41) is 8.57. The van der Waals surface area contributed by atoms with Gasteiger partial charge in [0.05, 0.1) is 18.9 Å². The molecule has 3 aromatic rings. The number of hydrogen-bond acceptors (Lipinski definition) is 5. The van der Waals surface area contributed by atoms with Crippen molar-refractivity contribution in [2.45, 2.75) is 33.5 Å². The number of aromatic nitrogens is 3. The zero-order chi connectivity index (χ0) is 24.2. The van der Waals surface area contributed by atoms with Crippen molar-refractivity contribution in [3.63, 3.8) is 0 Å². The first-order chi connectivity index (χ1) is 16.3. The standard InChI is InChI=1S/C25H31ClN6OS/c1-18(2)27-23(33)16-29-12-14-30(15-13-29)17-31-25(34)32(22-10-8-21(26)9-11-22)24(28-31)20-6-4-19(3)5-7-20/h4-11,18H,12-17H2,1-3H3,(H,27,33). The topological polar surface area (TPSA) is 58.3 Å². The second-order valence-corrected chi connectivity index (χ2v) is 9.84. The molecule has 1 aromatic heterocycles. The first kappa shape index (κ1) is 24.6. The summed E-state index contributed by atoms with van der Waals surface area (Å²) in [6.45, 7) is 10.4. The van der Waals surface area contributed by atoms with Gasteiger partial charge in [-0.2, -0.15) is 0 Å². The van der Waals surface area contributed by atoms with Gasteiger partial charge in [0.15, 0.2) is 5.82 Å². The van der Waals surface area contributed by atoms with Gasteiger partial charge in [0.25, 0.3) is 0 Å². The molecule has 1 saturated heterocycles. The maximum Gasteiger partial charge on any atom is 0.234 e. The van der Waals surface area contributed by atoms with Gasteiger partial charge in [0.1, 0.15) is 0 Å². The van der Waals surface area contributed by atoms with E-state index in [4.69, 9.17) is 28.9 Å². The Balaban J connectivity index is 1.53. The number of benzene rings is 2. The van der Waals surface area contributed by atoms with Gasteiger partial charge in [-0.05, 0) is 57.3 Å². The van der Waals surface area contributed by atoms with Gasteiger partial charge in [0.2, 0.25) is 10.7 Å². The van der Waals surface area contributed by atoms with E-state index in [9.17, 15) is 4.79 Å². The second kappa shape index (κ2) is 10.8. The van der Waals surface area contributed by atoms with E-state index in [1.807, 2.05) is 47.4 Å². The molecule has 0 unspecified atom stereocenters. The number of piperazine rings is 1. The Labute approximate surface area is 210 Å². The van der Waals surface area contributed by atoms with Crippen LogP contribution in [-0.2, 0) is 11.5 Å². The van der Waals surface area contributed by atoms with Crippen LogP contribution in [0.3, 0.4) is 0 Å². The van der Waals surface area contributed by atoms with Crippen molar-refractivity contribution in [3.8, 4) is 17.1 Å². The highest BCUT2D eigenvalue weighted by molar-refractivity contribution is 7.71. The highest BCUT2D eigenvalue weighted by Crippen LogP contribution is 2.24. The number of halogens is 1. The van der Waals surface area contributed by atoms with Gasteiger partial charge in [-0.1, -0.05) is 41.4 Å². The maximum atomic E-state index is 12.1. The average Bonchev–Trinajstić information content (AvgIpc) is 3.11. The zero-order valence-corrected chi connectivity index (χ0v) is 21.4. The lowest BCUT2D eigenvalue weighted by molar-refractivity contribution is -0.123. The lowest BCUT2D eigenvalue weighted by atomic mass is 10.1. The number of carbonyl (C=O) groups is 1. The molecular formula is C25H31ClN6OS. The summed E-state index contributed by atoms with van der Waals surface area (Å²) >= 11 is 12.0. The van der Waals surface area contributed by atoms with Crippen molar-refractivity contribution in [2.75, 3.05) is 32.7 Å². The number of nitrogens with one attached hydrogen (secondary N) is 1. The molecule has 180 valence electrons. The van der Waals surface area contributed by atoms with Crippen LogP contribution in [0, 0.1) is 11.7 Å². The number of amides is 1. The van der Waals surface area contributed by atoms with Crippen LogP contribution in [0.5, 0.6) is 0 Å². The van der Waals surface area contributed by atoms with Crippen LogP contribution in [0.15, 0.2) is 48.5 Å². The summed E-state index contributed by atoms with van der Waals surface area (Å²) in [7, 11) is 0. The summed E-state index contributed by atoms with van der Waals surface area (Å²) in [5.41, 5.74) is 3.13. The zero-order valence-electron chi connectivity index (χ0n) is 19.9. The fourth-order valence-electron chi connectivity index (χ4n) is 4.06. The fourth-order valence-corrected chi connectivity index (χ4v) is 4.48. The molecule has 0 radical (unpaired) electrons. The molecule has 0 atom stereocenters. The number of nitrogens with zero attached hydrogens (tertiary/aromatic N) is 5. The van der Waals surface area contributed by atoms with Gasteiger partial charge >= 0.3 is 0 Å². The fraction of sp³-hybridized carbons (Fsp3) is 0.400. The Bertz CT molecular complexity index is 1180. The molecule has 7 nitrogen and oxygen atoms in total. The summed E-state index contributed by atoms with van der Waals surface area (Å²) in [6.07, 6.45) is 0. The molecule has 1 aliphatic heterocycles. The quantitative estimate of drug-likeness (QED) is 0.496. The molecule has 1 amide bonds. The Hall–Kier alpha value is -2.52. The average molecular weight is 499 g/mol. The Morgan fingerprint density at radius 2 is 1.65 bits per heavy atom. The van der Waals surface area contributed by atoms with Gasteiger partial charge < -0.3 is 5.32 Å². The molecule has 2 aromatic carbocycles. The van der Waals surface area contributed by atoms with E-state index in [1.165, 1.54) is 5.56 Å². The van der Waals surface area contributed by atoms with Crippen LogP contribution in [0.1, 0.15) is 19.4 Å². The van der Waals surface area contributed by atoms with E-state index in [0.29, 0.717) is 23.0 Å². The molecule has 2 heterocycles. The van der Waals surface area contributed by atoms with Crippen molar-refractivity contribution in [1.82, 2.24) is 29.5 Å². The molecule has 1 aliphatic rings. The van der Waals surface area contributed by atoms with Crippen LogP contribution < -0.4 is 5.32 Å². The minimum Gasteiger partial charge on any atom is -0.353 e. The van der Waals surface area contributed by atoms with Crippen LogP contribution in [0.2, 0.25) is 5.02 Å². The van der Waals surface area contributed by atoms with E-state index in [1.54, 1.807) is 0 Å². The molecule has 4 rings (SSSR count). The summed E-state index contributed by atoms with van der Waals surface area (Å²) in [6, 6.07) is 16.1. The van der Waals surface area contributed by atoms with E-state index in [-0.39, 0.29) is 11.9 Å². The first-order valence-corrected chi connectivity index (χ1v) is 12.4. The first-order valence-electron chi connectivity index (χ1n) is 11.6. The molecule has 0 spiro atoms. The monoisotopic (exact) mass is 498 g/mol. The lowest BCUT2D eigenvalue weighted by Gasteiger charge is -2.34. The molecule has 1 fully saturated rings. The highest BCUT2D eigenvalue weighted by Gasteiger charge is 2.21. The van der Waals surface area contributed by atoms with Gasteiger partial charge in [-0.15, -0.1) is 5.10 Å². The largest absolute Gasteiger partial charge is 0.353 e. The molecule has 9 heteroatoms. The van der Waals surface area contributed by atoms with Crippen molar-refractivity contribution in [1.29, 1.82) is 0 Å². The van der Waals surface area contributed by atoms with Crippen LogP contribution >= 0.6 is 23.8 Å². The maximum absolute atomic E-state index is 12.1. The molecule has 0 bridgehead atoms. The third kappa shape index (κ3) is 5.93. The van der Waals surface area contributed by atoms with Gasteiger partial charge in [-0.3, -0.25) is 19.2 Å². The number of carbonyl (C=O) groups excluding carboxylic acids is 1. The Kier molecular flexibility index (Phi) is 7.83. The van der Waals surface area contributed by atoms with E-state index < -0.39 is 0 Å². The second-order valence-electron chi connectivity index (χ2n) is 9.04. The summed E-state index contributed by atoms with van der Waals surface area (Å²) < 4.78 is 4.53. The third-order valence-electron chi connectivity index (χ3n) is 5.85. The number of hydrogen-bond donors (Lipinski definition) is 1. The van der Waals surface area contributed by atoms with Crippen molar-refractivity contribution in [3.05, 3.63) is 63.9 Å². The molecular weight excluding hydrogens is 468 g/mol. The predicted octanol–water partition coefficient (Wildman–Crippen LogP) is 4.13. The SMILES string of the molecule is Cc1ccc(-c2nn(CN3CCN(CC(=O)NC(C)C)CC3)c(=S)n2-c2ccc(Cl)cc2)cc1. The highest BCUT2D eigenvalue weighted by atomic mass is 35.5. The van der Waals surface area contributed by atoms with Crippen LogP contribution in [0.25, 0.3) is 17.1 Å². The van der Waals surface area contributed by atoms with Crippen LogP contribution in [-0.4, -0.2) is 68.8 Å². The molecule has 1 N–H and O–H groups in total. The summed E-state index contributed by atoms with van der Waals surface area (Å²) in [5.74, 6) is 0.881. The van der Waals surface area contributed by atoms with E-state index in [2.05, 4.69) is 46.3 Å². The van der Waals surface area contributed by atoms with Crippen molar-refractivity contribution in [2.24, 2.45) is 0 Å². The summed E-state index contributed by atoms with van der Waals surface area (Å²) in [4.78, 5) is 16.6. The molecule has 0 saturated carbocycles. The third-order valence-corrected chi connectivity index (χ3v) is 6.49. The number of aryl methyl sites for hydroxylation is 1. The van der Waals surface area contributed by atoms with E-state index in [0.717, 1.165) is 43.3 Å². The van der Waals surface area contributed by atoms with Gasteiger partial charge in [-0.25, -0.2) is 4.68 Å². The molecule has 0 aliphatic carbocycles. The minimum atomic E-state index is 0.0788. The smallest absolute Gasteiger partial charge is 0.234 e. The lowest BCUT2D eigenvalue weighted by Crippen LogP contribution is -2.50. The minimum absolute atomic E-state index is 0.0788. The predicted molar refractivity (Wildman–Crippen MR) is 139 cm³/mol. The van der Waals surface area contributed by atoms with Crippen molar-refractivity contribution < 1.29 is 4.79 Å². The van der Waals surface area contributed by atoms with Gasteiger partial charge in [0, 0.05) is 42.8 Å². The van der Waals surface area contributed by atoms with E-state index >= 15 is 0 Å². The Morgan fingerprint density at radius 3 is 2.26 bits per heavy atom.